The Labute approximate surface area is 132 Å². The molecule has 0 saturated heterocycles. The van der Waals surface area contributed by atoms with Gasteiger partial charge < -0.3 is 14.8 Å². The number of methoxy groups -OCH3 is 2. The summed E-state index contributed by atoms with van der Waals surface area (Å²) in [5.41, 5.74) is 1.41. The Bertz CT molecular complexity index is 576. The normalized spacial score (nSPS) is 20.2. The summed E-state index contributed by atoms with van der Waals surface area (Å²) in [7, 11) is 2.64. The van der Waals surface area contributed by atoms with Gasteiger partial charge in [0.2, 0.25) is 0 Å². The van der Waals surface area contributed by atoms with Crippen molar-refractivity contribution in [3.63, 3.8) is 0 Å². The standard InChI is InChI=1S/C14H15Cl2NO4/c1-20-12(18)4-7-3-11(14(19)21-2)17-10-6-8(15)5-9(16)13(7)10/h5-7,11,17H,3-4H2,1-2H3/t7-,11-/m0/s1. The molecule has 0 aliphatic carbocycles. The van der Waals surface area contributed by atoms with Crippen molar-refractivity contribution in [2.45, 2.75) is 24.8 Å². The summed E-state index contributed by atoms with van der Waals surface area (Å²) in [5, 5.41) is 3.97. The van der Waals surface area contributed by atoms with E-state index in [1.54, 1.807) is 12.1 Å². The molecule has 1 aliphatic rings. The highest BCUT2D eigenvalue weighted by Gasteiger charge is 2.34. The van der Waals surface area contributed by atoms with Crippen molar-refractivity contribution in [3.05, 3.63) is 27.7 Å². The Kier molecular flexibility index (Phi) is 4.96. The molecule has 114 valence electrons. The zero-order chi connectivity index (χ0) is 15.6. The van der Waals surface area contributed by atoms with Gasteiger partial charge in [0.1, 0.15) is 6.04 Å². The lowest BCUT2D eigenvalue weighted by Crippen LogP contribution is -2.36. The second kappa shape index (κ2) is 6.54. The van der Waals surface area contributed by atoms with Crippen LogP contribution in [0, 0.1) is 0 Å². The van der Waals surface area contributed by atoms with Crippen LogP contribution in [-0.4, -0.2) is 32.2 Å². The van der Waals surface area contributed by atoms with Crippen LogP contribution < -0.4 is 5.32 Å². The molecular weight excluding hydrogens is 317 g/mol. The zero-order valence-electron chi connectivity index (χ0n) is 11.6. The van der Waals surface area contributed by atoms with Crippen LogP contribution in [-0.2, 0) is 19.1 Å². The summed E-state index contributed by atoms with van der Waals surface area (Å²) in [6.07, 6.45) is 0.538. The van der Waals surface area contributed by atoms with Gasteiger partial charge in [0.25, 0.3) is 0 Å². The van der Waals surface area contributed by atoms with Crippen molar-refractivity contribution in [2.24, 2.45) is 0 Å². The average Bonchev–Trinajstić information content (AvgIpc) is 2.44. The molecule has 0 aromatic heterocycles. The average molecular weight is 332 g/mol. The molecule has 0 fully saturated rings. The minimum absolute atomic E-state index is 0.139. The Balaban J connectivity index is 2.40. The summed E-state index contributed by atoms with van der Waals surface area (Å²) in [6, 6.07) is 2.75. The van der Waals surface area contributed by atoms with Crippen LogP contribution in [0.15, 0.2) is 12.1 Å². The minimum Gasteiger partial charge on any atom is -0.469 e. The van der Waals surface area contributed by atoms with Gasteiger partial charge in [-0.3, -0.25) is 4.79 Å². The minimum atomic E-state index is -0.549. The number of benzene rings is 1. The Morgan fingerprint density at radius 3 is 2.62 bits per heavy atom. The quantitative estimate of drug-likeness (QED) is 0.862. The molecule has 2 atom stereocenters. The Morgan fingerprint density at radius 1 is 1.29 bits per heavy atom. The molecule has 1 aromatic rings. The maximum Gasteiger partial charge on any atom is 0.328 e. The molecule has 0 spiro atoms. The van der Waals surface area contributed by atoms with Crippen LogP contribution in [0.4, 0.5) is 5.69 Å². The van der Waals surface area contributed by atoms with E-state index in [1.165, 1.54) is 14.2 Å². The van der Waals surface area contributed by atoms with Gasteiger partial charge in [-0.05, 0) is 24.1 Å². The van der Waals surface area contributed by atoms with E-state index in [1.807, 2.05) is 0 Å². The van der Waals surface area contributed by atoms with Gasteiger partial charge in [-0.25, -0.2) is 4.79 Å². The van der Waals surface area contributed by atoms with Crippen molar-refractivity contribution in [2.75, 3.05) is 19.5 Å². The number of ether oxygens (including phenoxy) is 2. The van der Waals surface area contributed by atoms with Crippen molar-refractivity contribution in [1.29, 1.82) is 0 Å². The van der Waals surface area contributed by atoms with E-state index < -0.39 is 12.0 Å². The number of halogens is 2. The summed E-state index contributed by atoms with van der Waals surface area (Å²) < 4.78 is 9.47. The van der Waals surface area contributed by atoms with Crippen LogP contribution in [0.25, 0.3) is 0 Å². The van der Waals surface area contributed by atoms with Gasteiger partial charge in [-0.1, -0.05) is 23.2 Å². The highest BCUT2D eigenvalue weighted by molar-refractivity contribution is 6.35. The van der Waals surface area contributed by atoms with Crippen molar-refractivity contribution in [3.8, 4) is 0 Å². The van der Waals surface area contributed by atoms with Crippen LogP contribution in [0.5, 0.6) is 0 Å². The van der Waals surface area contributed by atoms with Crippen LogP contribution >= 0.6 is 23.2 Å². The zero-order valence-corrected chi connectivity index (χ0v) is 13.1. The monoisotopic (exact) mass is 331 g/mol. The molecular formula is C14H15Cl2NO4. The lowest BCUT2D eigenvalue weighted by Gasteiger charge is -2.32. The number of hydrogen-bond donors (Lipinski definition) is 1. The van der Waals surface area contributed by atoms with Gasteiger partial charge >= 0.3 is 11.9 Å². The molecule has 1 aromatic carbocycles. The van der Waals surface area contributed by atoms with Crippen LogP contribution in [0.2, 0.25) is 10.0 Å². The third kappa shape index (κ3) is 3.41. The molecule has 1 heterocycles. The number of nitrogens with one attached hydrogen (secondary N) is 1. The molecule has 0 radical (unpaired) electrons. The number of hydrogen-bond acceptors (Lipinski definition) is 5. The van der Waals surface area contributed by atoms with Crippen molar-refractivity contribution < 1.29 is 19.1 Å². The maximum atomic E-state index is 11.8. The first-order valence-electron chi connectivity index (χ1n) is 6.36. The summed E-state index contributed by atoms with van der Waals surface area (Å²) in [5.74, 6) is -0.989. The first-order valence-corrected chi connectivity index (χ1v) is 7.12. The molecule has 1 aliphatic heterocycles. The fourth-order valence-electron chi connectivity index (χ4n) is 2.54. The highest BCUT2D eigenvalue weighted by atomic mass is 35.5. The molecule has 21 heavy (non-hydrogen) atoms. The summed E-state index contributed by atoms with van der Waals surface area (Å²) >= 11 is 12.2. The SMILES string of the molecule is COC(=O)C[C@@H]1C[C@@H](C(=O)OC)Nc2cc(Cl)cc(Cl)c21. The summed E-state index contributed by atoms with van der Waals surface area (Å²) in [6.45, 7) is 0. The molecule has 0 saturated carbocycles. The first kappa shape index (κ1) is 15.9. The van der Waals surface area contributed by atoms with Gasteiger partial charge in [0.05, 0.1) is 20.6 Å². The van der Waals surface area contributed by atoms with E-state index in [-0.39, 0.29) is 18.3 Å². The maximum absolute atomic E-state index is 11.8. The highest BCUT2D eigenvalue weighted by Crippen LogP contribution is 2.42. The molecule has 5 nitrogen and oxygen atoms in total. The largest absolute Gasteiger partial charge is 0.469 e. The summed E-state index contributed by atoms with van der Waals surface area (Å²) in [4.78, 5) is 23.4. The molecule has 0 unspecified atom stereocenters. The fraction of sp³-hybridized carbons (Fsp3) is 0.429. The molecule has 0 amide bonds. The number of esters is 2. The first-order chi connectivity index (χ1) is 9.96. The lowest BCUT2D eigenvalue weighted by molar-refractivity contribution is -0.144. The van der Waals surface area contributed by atoms with E-state index in [0.717, 1.165) is 5.56 Å². The predicted octanol–water partition coefficient (Wildman–Crippen LogP) is 3.00. The third-order valence-corrected chi connectivity index (χ3v) is 4.01. The number of fused-ring (bicyclic) bond motifs is 1. The van der Waals surface area contributed by atoms with Crippen LogP contribution in [0.3, 0.4) is 0 Å². The number of carbonyl (C=O) groups excluding carboxylic acids is 2. The van der Waals surface area contributed by atoms with E-state index in [9.17, 15) is 9.59 Å². The molecule has 0 bridgehead atoms. The number of rotatable bonds is 3. The van der Waals surface area contributed by atoms with Crippen molar-refractivity contribution >= 4 is 40.8 Å². The predicted molar refractivity (Wildman–Crippen MR) is 79.9 cm³/mol. The number of carbonyl (C=O) groups is 2. The second-order valence-electron chi connectivity index (χ2n) is 4.78. The van der Waals surface area contributed by atoms with Crippen LogP contribution in [0.1, 0.15) is 24.3 Å². The molecule has 2 rings (SSSR count). The van der Waals surface area contributed by atoms with Gasteiger partial charge in [0.15, 0.2) is 0 Å². The smallest absolute Gasteiger partial charge is 0.328 e. The number of anilines is 1. The van der Waals surface area contributed by atoms with Gasteiger partial charge in [0, 0.05) is 21.7 Å². The Hall–Kier alpha value is -1.46. The van der Waals surface area contributed by atoms with E-state index in [2.05, 4.69) is 5.32 Å². The Morgan fingerprint density at radius 2 is 2.00 bits per heavy atom. The topological polar surface area (TPSA) is 64.6 Å². The van der Waals surface area contributed by atoms with Gasteiger partial charge in [-0.2, -0.15) is 0 Å². The molecule has 7 heteroatoms. The fourth-order valence-corrected chi connectivity index (χ4v) is 3.18. The van der Waals surface area contributed by atoms with Gasteiger partial charge in [-0.15, -0.1) is 0 Å². The second-order valence-corrected chi connectivity index (χ2v) is 5.63. The van der Waals surface area contributed by atoms with E-state index in [4.69, 9.17) is 32.7 Å². The lowest BCUT2D eigenvalue weighted by atomic mass is 9.84. The van der Waals surface area contributed by atoms with E-state index in [0.29, 0.717) is 22.2 Å². The van der Waals surface area contributed by atoms with Crippen molar-refractivity contribution in [1.82, 2.24) is 0 Å². The van der Waals surface area contributed by atoms with E-state index >= 15 is 0 Å². The molecule has 1 N–H and O–H groups in total. The third-order valence-electron chi connectivity index (χ3n) is 3.48.